The van der Waals surface area contributed by atoms with Crippen molar-refractivity contribution in [2.24, 2.45) is 5.92 Å². The molecule has 3 nitrogen and oxygen atoms in total. The van der Waals surface area contributed by atoms with Crippen LogP contribution in [0.1, 0.15) is 35.1 Å². The number of carbonyl (C=O) groups excluding carboxylic acids is 1. The molecular formula is C22H27BrN2O. The molecule has 1 N–H and O–H groups in total. The summed E-state index contributed by atoms with van der Waals surface area (Å²) < 4.78 is 1.10. The third kappa shape index (κ3) is 4.74. The zero-order chi connectivity index (χ0) is 18.7. The Morgan fingerprint density at radius 3 is 2.46 bits per heavy atom. The van der Waals surface area contributed by atoms with Crippen molar-refractivity contribution in [3.8, 4) is 0 Å². The molecule has 0 aromatic heterocycles. The topological polar surface area (TPSA) is 32.3 Å². The molecule has 2 aromatic rings. The summed E-state index contributed by atoms with van der Waals surface area (Å²) in [6.07, 6.45) is 2.03. The van der Waals surface area contributed by atoms with E-state index in [1.54, 1.807) is 0 Å². The molecule has 1 unspecified atom stereocenters. The van der Waals surface area contributed by atoms with Crippen molar-refractivity contribution in [3.05, 3.63) is 63.1 Å². The molecule has 138 valence electrons. The van der Waals surface area contributed by atoms with Crippen molar-refractivity contribution in [1.29, 1.82) is 0 Å². The molecule has 1 aliphatic heterocycles. The van der Waals surface area contributed by atoms with Crippen LogP contribution in [0, 0.1) is 26.7 Å². The lowest BCUT2D eigenvalue weighted by molar-refractivity contribution is -0.121. The fraction of sp³-hybridized carbons (Fsp3) is 0.409. The summed E-state index contributed by atoms with van der Waals surface area (Å²) in [5.74, 6) is 0.208. The van der Waals surface area contributed by atoms with E-state index in [0.29, 0.717) is 0 Å². The van der Waals surface area contributed by atoms with Gasteiger partial charge in [-0.15, -0.1) is 0 Å². The normalized spacial score (nSPS) is 17.9. The molecule has 3 rings (SSSR count). The number of hydrogen-bond acceptors (Lipinski definition) is 2. The van der Waals surface area contributed by atoms with Crippen molar-refractivity contribution < 1.29 is 4.79 Å². The maximum Gasteiger partial charge on any atom is 0.228 e. The van der Waals surface area contributed by atoms with Gasteiger partial charge in [0, 0.05) is 23.2 Å². The van der Waals surface area contributed by atoms with Crippen LogP contribution >= 0.6 is 15.9 Å². The highest BCUT2D eigenvalue weighted by molar-refractivity contribution is 9.10. The lowest BCUT2D eigenvalue weighted by atomic mass is 9.96. The first kappa shape index (κ1) is 19.1. The molecule has 1 heterocycles. The van der Waals surface area contributed by atoms with Gasteiger partial charge >= 0.3 is 0 Å². The summed E-state index contributed by atoms with van der Waals surface area (Å²) in [4.78, 5) is 15.3. The highest BCUT2D eigenvalue weighted by atomic mass is 79.9. The minimum Gasteiger partial charge on any atom is -0.325 e. The first-order chi connectivity index (χ1) is 12.4. The molecule has 4 heteroatoms. The monoisotopic (exact) mass is 414 g/mol. The maximum atomic E-state index is 12.9. The van der Waals surface area contributed by atoms with E-state index >= 15 is 0 Å². The molecule has 26 heavy (non-hydrogen) atoms. The Morgan fingerprint density at radius 2 is 1.81 bits per heavy atom. The number of piperidine rings is 1. The van der Waals surface area contributed by atoms with Crippen LogP contribution < -0.4 is 5.32 Å². The molecule has 1 aliphatic rings. The lowest BCUT2D eigenvalue weighted by Gasteiger charge is -2.32. The first-order valence-corrected chi connectivity index (χ1v) is 10.1. The highest BCUT2D eigenvalue weighted by Gasteiger charge is 2.26. The highest BCUT2D eigenvalue weighted by Crippen LogP contribution is 2.25. The number of benzene rings is 2. The van der Waals surface area contributed by atoms with E-state index in [0.717, 1.165) is 53.8 Å². The molecule has 0 spiro atoms. The minimum absolute atomic E-state index is 0.0549. The Morgan fingerprint density at radius 1 is 1.15 bits per heavy atom. The number of halogens is 1. The number of anilines is 1. The van der Waals surface area contributed by atoms with Crippen molar-refractivity contribution in [3.63, 3.8) is 0 Å². The standard InChI is InChI=1S/C22H27BrN2O/c1-15-11-16(2)21(17(3)12-15)24-22(26)19-5-4-10-25(14-19)13-18-6-8-20(23)9-7-18/h6-9,11-12,19H,4-5,10,13-14H2,1-3H3,(H,24,26). The van der Waals surface area contributed by atoms with Crippen LogP contribution in [-0.2, 0) is 11.3 Å². The van der Waals surface area contributed by atoms with E-state index in [4.69, 9.17) is 0 Å². The molecule has 1 fully saturated rings. The average Bonchev–Trinajstić information content (AvgIpc) is 2.60. The van der Waals surface area contributed by atoms with E-state index in [1.165, 1.54) is 11.1 Å². The van der Waals surface area contributed by atoms with Crippen molar-refractivity contribution >= 4 is 27.5 Å². The van der Waals surface area contributed by atoms with E-state index in [1.807, 2.05) is 0 Å². The van der Waals surface area contributed by atoms with Crippen LogP contribution in [-0.4, -0.2) is 23.9 Å². The fourth-order valence-corrected chi connectivity index (χ4v) is 4.13. The van der Waals surface area contributed by atoms with Crippen LogP contribution in [0.3, 0.4) is 0 Å². The number of likely N-dealkylation sites (tertiary alicyclic amines) is 1. The molecule has 0 aliphatic carbocycles. The van der Waals surface area contributed by atoms with E-state index in [-0.39, 0.29) is 11.8 Å². The van der Waals surface area contributed by atoms with Crippen LogP contribution in [0.25, 0.3) is 0 Å². The van der Waals surface area contributed by atoms with Crippen LogP contribution in [0.15, 0.2) is 40.9 Å². The van der Waals surface area contributed by atoms with Gasteiger partial charge in [0.2, 0.25) is 5.91 Å². The van der Waals surface area contributed by atoms with Crippen LogP contribution in [0.2, 0.25) is 0 Å². The van der Waals surface area contributed by atoms with Crippen LogP contribution in [0.5, 0.6) is 0 Å². The smallest absolute Gasteiger partial charge is 0.228 e. The van der Waals surface area contributed by atoms with E-state index in [2.05, 4.69) is 83.3 Å². The second-order valence-corrected chi connectivity index (χ2v) is 8.38. The van der Waals surface area contributed by atoms with Gasteiger partial charge in [0.05, 0.1) is 5.92 Å². The molecule has 0 bridgehead atoms. The summed E-state index contributed by atoms with van der Waals surface area (Å²) in [5, 5.41) is 3.20. The molecule has 2 aromatic carbocycles. The second-order valence-electron chi connectivity index (χ2n) is 7.46. The lowest BCUT2D eigenvalue weighted by Crippen LogP contribution is -2.40. The third-order valence-electron chi connectivity index (χ3n) is 5.12. The van der Waals surface area contributed by atoms with Gasteiger partial charge in [-0.2, -0.15) is 0 Å². The number of nitrogens with one attached hydrogen (secondary N) is 1. The quantitative estimate of drug-likeness (QED) is 0.742. The molecule has 1 atom stereocenters. The Balaban J connectivity index is 1.64. The first-order valence-electron chi connectivity index (χ1n) is 9.28. The Bertz CT molecular complexity index is 762. The number of aryl methyl sites for hydroxylation is 3. The van der Waals surface area contributed by atoms with Gasteiger partial charge in [-0.3, -0.25) is 9.69 Å². The zero-order valence-corrected chi connectivity index (χ0v) is 17.4. The van der Waals surface area contributed by atoms with Crippen molar-refractivity contribution in [2.75, 3.05) is 18.4 Å². The molecular weight excluding hydrogens is 388 g/mol. The zero-order valence-electron chi connectivity index (χ0n) is 15.8. The number of amides is 1. The van der Waals surface area contributed by atoms with Crippen LogP contribution in [0.4, 0.5) is 5.69 Å². The number of nitrogens with zero attached hydrogens (tertiary/aromatic N) is 1. The van der Waals surface area contributed by atoms with Gasteiger partial charge in [0.15, 0.2) is 0 Å². The van der Waals surface area contributed by atoms with Gasteiger partial charge in [-0.1, -0.05) is 45.8 Å². The molecule has 1 amide bonds. The van der Waals surface area contributed by atoms with Gasteiger partial charge < -0.3 is 5.32 Å². The Labute approximate surface area is 164 Å². The molecule has 0 radical (unpaired) electrons. The number of hydrogen-bond donors (Lipinski definition) is 1. The summed E-state index contributed by atoms with van der Waals surface area (Å²) in [6.45, 7) is 9.01. The summed E-state index contributed by atoms with van der Waals surface area (Å²) in [7, 11) is 0. The van der Waals surface area contributed by atoms with E-state index in [9.17, 15) is 4.79 Å². The van der Waals surface area contributed by atoms with Crippen molar-refractivity contribution in [1.82, 2.24) is 4.90 Å². The number of rotatable bonds is 4. The molecule has 1 saturated heterocycles. The summed E-state index contributed by atoms with van der Waals surface area (Å²) in [6, 6.07) is 12.7. The second kappa shape index (κ2) is 8.36. The number of carbonyl (C=O) groups is 1. The average molecular weight is 415 g/mol. The van der Waals surface area contributed by atoms with Gasteiger partial charge in [-0.05, 0) is 69.0 Å². The summed E-state index contributed by atoms with van der Waals surface area (Å²) in [5.41, 5.74) is 5.78. The van der Waals surface area contributed by atoms with Gasteiger partial charge in [0.1, 0.15) is 0 Å². The van der Waals surface area contributed by atoms with E-state index < -0.39 is 0 Å². The minimum atomic E-state index is 0.0549. The summed E-state index contributed by atoms with van der Waals surface area (Å²) >= 11 is 3.48. The Kier molecular flexibility index (Phi) is 6.15. The SMILES string of the molecule is Cc1cc(C)c(NC(=O)C2CCCN(Cc3ccc(Br)cc3)C2)c(C)c1. The maximum absolute atomic E-state index is 12.9. The molecule has 0 saturated carbocycles. The van der Waals surface area contributed by atoms with Gasteiger partial charge in [0.25, 0.3) is 0 Å². The van der Waals surface area contributed by atoms with Crippen molar-refractivity contribution in [2.45, 2.75) is 40.2 Å². The third-order valence-corrected chi connectivity index (χ3v) is 5.65. The fourth-order valence-electron chi connectivity index (χ4n) is 3.86. The largest absolute Gasteiger partial charge is 0.325 e. The predicted molar refractivity (Wildman–Crippen MR) is 111 cm³/mol. The van der Waals surface area contributed by atoms with Gasteiger partial charge in [-0.25, -0.2) is 0 Å². The Hall–Kier alpha value is -1.65. The predicted octanol–water partition coefficient (Wildman–Crippen LogP) is 5.23.